The lowest BCUT2D eigenvalue weighted by Crippen LogP contribution is -2.18. The smallest absolute Gasteiger partial charge is 0.137 e. The van der Waals surface area contributed by atoms with Crippen LogP contribution in [0.1, 0.15) is 33.5 Å². The number of rotatable bonds is 6. The highest BCUT2D eigenvalue weighted by molar-refractivity contribution is 7.99. The highest BCUT2D eigenvalue weighted by Crippen LogP contribution is 2.24. The van der Waals surface area contributed by atoms with Gasteiger partial charge in [0, 0.05) is 30.3 Å². The van der Waals surface area contributed by atoms with E-state index in [2.05, 4.69) is 62.0 Å². The third-order valence-electron chi connectivity index (χ3n) is 2.52. The molecule has 0 aliphatic carbocycles. The number of thioether (sulfide) groups is 1. The van der Waals surface area contributed by atoms with E-state index in [0.717, 1.165) is 35.5 Å². The number of hydrogen-bond acceptors (Lipinski definition) is 5. The Morgan fingerprint density at radius 3 is 2.47 bits per heavy atom. The molecule has 4 nitrogen and oxygen atoms in total. The Labute approximate surface area is 121 Å². The minimum absolute atomic E-state index is 0.0255. The minimum Gasteiger partial charge on any atom is -0.370 e. The summed E-state index contributed by atoms with van der Waals surface area (Å²) < 4.78 is 0. The Morgan fingerprint density at radius 1 is 1.26 bits per heavy atom. The molecule has 0 saturated heterocycles. The van der Waals surface area contributed by atoms with Crippen LogP contribution in [0.4, 0.5) is 5.82 Å². The van der Waals surface area contributed by atoms with E-state index in [4.69, 9.17) is 0 Å². The van der Waals surface area contributed by atoms with Crippen LogP contribution in [0.3, 0.4) is 0 Å². The SMILES string of the molecule is CCNc1cc(SCCN(C)C)nc(C(C)(C)C)n1. The Bertz CT molecular complexity index is 399. The zero-order valence-corrected chi connectivity index (χ0v) is 13.8. The van der Waals surface area contributed by atoms with Crippen molar-refractivity contribution in [3.05, 3.63) is 11.9 Å². The zero-order chi connectivity index (χ0) is 14.5. The summed E-state index contributed by atoms with van der Waals surface area (Å²) in [6.07, 6.45) is 0. The van der Waals surface area contributed by atoms with Crippen LogP contribution in [-0.2, 0) is 5.41 Å². The molecule has 0 aliphatic rings. The van der Waals surface area contributed by atoms with Gasteiger partial charge in [-0.2, -0.15) is 0 Å². The second kappa shape index (κ2) is 7.10. The fourth-order valence-electron chi connectivity index (χ4n) is 1.44. The molecule has 1 aromatic rings. The van der Waals surface area contributed by atoms with Crippen LogP contribution in [0.5, 0.6) is 0 Å². The molecule has 0 amide bonds. The average Bonchev–Trinajstić information content (AvgIpc) is 2.27. The largest absolute Gasteiger partial charge is 0.370 e. The van der Waals surface area contributed by atoms with E-state index >= 15 is 0 Å². The molecule has 0 fully saturated rings. The van der Waals surface area contributed by atoms with Gasteiger partial charge in [-0.05, 0) is 21.0 Å². The van der Waals surface area contributed by atoms with Crippen LogP contribution in [0, 0.1) is 0 Å². The third-order valence-corrected chi connectivity index (χ3v) is 3.41. The fraction of sp³-hybridized carbons (Fsp3) is 0.714. The van der Waals surface area contributed by atoms with Crippen molar-refractivity contribution in [2.24, 2.45) is 0 Å². The summed E-state index contributed by atoms with van der Waals surface area (Å²) in [7, 11) is 4.18. The van der Waals surface area contributed by atoms with Crippen molar-refractivity contribution >= 4 is 17.6 Å². The van der Waals surface area contributed by atoms with Crippen molar-refractivity contribution < 1.29 is 0 Å². The first-order valence-corrected chi connectivity index (χ1v) is 7.72. The van der Waals surface area contributed by atoms with Crippen molar-refractivity contribution in [1.29, 1.82) is 0 Å². The van der Waals surface area contributed by atoms with E-state index in [0.29, 0.717) is 0 Å². The van der Waals surface area contributed by atoms with Gasteiger partial charge in [0.25, 0.3) is 0 Å². The van der Waals surface area contributed by atoms with E-state index in [1.807, 2.05) is 6.07 Å². The average molecular weight is 282 g/mol. The molecule has 1 N–H and O–H groups in total. The Balaban J connectivity index is 2.87. The maximum Gasteiger partial charge on any atom is 0.137 e. The number of aromatic nitrogens is 2. The van der Waals surface area contributed by atoms with E-state index in [1.54, 1.807) is 11.8 Å². The van der Waals surface area contributed by atoms with Crippen molar-refractivity contribution in [2.45, 2.75) is 38.1 Å². The van der Waals surface area contributed by atoms with Crippen LogP contribution < -0.4 is 5.32 Å². The summed E-state index contributed by atoms with van der Waals surface area (Å²) >= 11 is 1.79. The standard InChI is InChI=1S/C14H26N4S/c1-7-15-11-10-12(19-9-8-18(5)6)17-13(16-11)14(2,3)4/h10H,7-9H2,1-6H3,(H,15,16,17). The predicted molar refractivity (Wildman–Crippen MR) is 84.2 cm³/mol. The molecular formula is C14H26N4S. The van der Waals surface area contributed by atoms with Crippen molar-refractivity contribution in [3.8, 4) is 0 Å². The lowest BCUT2D eigenvalue weighted by molar-refractivity contribution is 0.437. The maximum atomic E-state index is 4.68. The van der Waals surface area contributed by atoms with Crippen LogP contribution in [-0.4, -0.2) is 47.8 Å². The Morgan fingerprint density at radius 2 is 1.95 bits per heavy atom. The molecule has 0 bridgehead atoms. The third kappa shape index (κ3) is 5.78. The molecule has 0 aliphatic heterocycles. The van der Waals surface area contributed by atoms with E-state index in [-0.39, 0.29) is 5.41 Å². The summed E-state index contributed by atoms with van der Waals surface area (Å²) in [6.45, 7) is 10.4. The molecule has 1 rings (SSSR count). The topological polar surface area (TPSA) is 41.0 Å². The lowest BCUT2D eigenvalue weighted by Gasteiger charge is -2.19. The molecule has 0 aromatic carbocycles. The highest BCUT2D eigenvalue weighted by Gasteiger charge is 2.19. The maximum absolute atomic E-state index is 4.68. The Hall–Kier alpha value is -0.810. The lowest BCUT2D eigenvalue weighted by atomic mass is 9.96. The quantitative estimate of drug-likeness (QED) is 0.642. The first-order valence-electron chi connectivity index (χ1n) is 6.74. The minimum atomic E-state index is -0.0255. The summed E-state index contributed by atoms with van der Waals surface area (Å²) in [5, 5.41) is 4.34. The highest BCUT2D eigenvalue weighted by atomic mass is 32.2. The Kier molecular flexibility index (Phi) is 6.07. The van der Waals surface area contributed by atoms with Gasteiger partial charge in [0.15, 0.2) is 0 Å². The summed E-state index contributed by atoms with van der Waals surface area (Å²) in [5.74, 6) is 2.87. The van der Waals surface area contributed by atoms with E-state index in [9.17, 15) is 0 Å². The van der Waals surface area contributed by atoms with Gasteiger partial charge in [-0.3, -0.25) is 0 Å². The number of hydrogen-bond donors (Lipinski definition) is 1. The van der Waals surface area contributed by atoms with Gasteiger partial charge < -0.3 is 10.2 Å². The first kappa shape index (κ1) is 16.2. The molecule has 19 heavy (non-hydrogen) atoms. The van der Waals surface area contributed by atoms with E-state index in [1.165, 1.54) is 0 Å². The molecule has 5 heteroatoms. The molecule has 1 heterocycles. The van der Waals surface area contributed by atoms with Gasteiger partial charge in [0.2, 0.25) is 0 Å². The normalized spacial score (nSPS) is 11.9. The van der Waals surface area contributed by atoms with Gasteiger partial charge in [0.05, 0.1) is 0 Å². The second-order valence-corrected chi connectivity index (χ2v) is 6.96. The molecule has 0 atom stereocenters. The second-order valence-electron chi connectivity index (χ2n) is 5.85. The molecule has 0 saturated carbocycles. The summed E-state index contributed by atoms with van der Waals surface area (Å²) in [6, 6.07) is 2.04. The van der Waals surface area contributed by atoms with Crippen LogP contribution >= 0.6 is 11.8 Å². The van der Waals surface area contributed by atoms with Crippen molar-refractivity contribution in [1.82, 2.24) is 14.9 Å². The number of nitrogens with zero attached hydrogens (tertiary/aromatic N) is 3. The monoisotopic (exact) mass is 282 g/mol. The number of anilines is 1. The van der Waals surface area contributed by atoms with E-state index < -0.39 is 0 Å². The summed E-state index contributed by atoms with van der Waals surface area (Å²) in [4.78, 5) is 11.5. The van der Waals surface area contributed by atoms with Crippen LogP contribution in [0.2, 0.25) is 0 Å². The fourth-order valence-corrected chi connectivity index (χ4v) is 2.45. The predicted octanol–water partition coefficient (Wildman–Crippen LogP) is 2.86. The van der Waals surface area contributed by atoms with Crippen LogP contribution in [0.15, 0.2) is 11.1 Å². The number of nitrogens with one attached hydrogen (secondary N) is 1. The first-order chi connectivity index (χ1) is 8.82. The molecule has 0 unspecified atom stereocenters. The van der Waals surface area contributed by atoms with Crippen molar-refractivity contribution in [3.63, 3.8) is 0 Å². The zero-order valence-electron chi connectivity index (χ0n) is 12.9. The van der Waals surface area contributed by atoms with Crippen LogP contribution in [0.25, 0.3) is 0 Å². The van der Waals surface area contributed by atoms with Gasteiger partial charge in [-0.25, -0.2) is 9.97 Å². The molecular weight excluding hydrogens is 256 g/mol. The molecule has 0 radical (unpaired) electrons. The van der Waals surface area contributed by atoms with Gasteiger partial charge in [0.1, 0.15) is 16.7 Å². The molecule has 108 valence electrons. The van der Waals surface area contributed by atoms with Crippen molar-refractivity contribution in [2.75, 3.05) is 38.3 Å². The summed E-state index contributed by atoms with van der Waals surface area (Å²) in [5.41, 5.74) is -0.0255. The molecule has 1 aromatic heterocycles. The van der Waals surface area contributed by atoms with Gasteiger partial charge in [-0.1, -0.05) is 20.8 Å². The molecule has 0 spiro atoms. The van der Waals surface area contributed by atoms with Gasteiger partial charge >= 0.3 is 0 Å². The van der Waals surface area contributed by atoms with Gasteiger partial charge in [-0.15, -0.1) is 11.8 Å².